The van der Waals surface area contributed by atoms with Gasteiger partial charge in [0.15, 0.2) is 0 Å². The maximum Gasteiger partial charge on any atom is 0.136 e. The van der Waals surface area contributed by atoms with Crippen molar-refractivity contribution in [3.8, 4) is 0 Å². The Balaban J connectivity index is 1.96. The second-order valence-corrected chi connectivity index (χ2v) is 7.32. The molecule has 2 unspecified atom stereocenters. The Morgan fingerprint density at radius 3 is 2.75 bits per heavy atom. The first kappa shape index (κ1) is 15.7. The minimum atomic E-state index is -0.429. The van der Waals surface area contributed by atoms with Gasteiger partial charge in [0.2, 0.25) is 0 Å². The van der Waals surface area contributed by atoms with Crippen molar-refractivity contribution in [1.29, 1.82) is 0 Å². The van der Waals surface area contributed by atoms with E-state index in [1.165, 1.54) is 17.8 Å². The normalized spacial score (nSPS) is 19.6. The van der Waals surface area contributed by atoms with Gasteiger partial charge in [-0.05, 0) is 44.4 Å². The number of thioether (sulfide) groups is 1. The van der Waals surface area contributed by atoms with Gasteiger partial charge in [0.05, 0.1) is 6.61 Å². The number of aliphatic hydroxyl groups is 1. The number of nitrogens with one attached hydrogen (secondary N) is 1. The van der Waals surface area contributed by atoms with Gasteiger partial charge in [0.1, 0.15) is 11.6 Å². The first-order valence-corrected chi connectivity index (χ1v) is 7.80. The lowest BCUT2D eigenvalue weighted by Gasteiger charge is -2.31. The highest BCUT2D eigenvalue weighted by molar-refractivity contribution is 8.00. The summed E-state index contributed by atoms with van der Waals surface area (Å²) in [4.78, 5) is 0.323. The van der Waals surface area contributed by atoms with Gasteiger partial charge < -0.3 is 10.4 Å². The average Bonchev–Trinajstić information content (AvgIpc) is 3.17. The fourth-order valence-corrected chi connectivity index (χ4v) is 3.60. The van der Waals surface area contributed by atoms with Crippen LogP contribution in [0.4, 0.5) is 8.78 Å². The van der Waals surface area contributed by atoms with E-state index in [9.17, 15) is 13.9 Å². The van der Waals surface area contributed by atoms with Gasteiger partial charge in [-0.1, -0.05) is 6.92 Å². The monoisotopic (exact) mass is 301 g/mol. The summed E-state index contributed by atoms with van der Waals surface area (Å²) in [5, 5.41) is 13.1. The summed E-state index contributed by atoms with van der Waals surface area (Å²) in [5.41, 5.74) is -0.364. The van der Waals surface area contributed by atoms with E-state index in [4.69, 9.17) is 0 Å². The molecule has 0 amide bonds. The van der Waals surface area contributed by atoms with Gasteiger partial charge in [0, 0.05) is 21.7 Å². The van der Waals surface area contributed by atoms with E-state index in [0.717, 1.165) is 25.0 Å². The van der Waals surface area contributed by atoms with Crippen LogP contribution in [0, 0.1) is 11.6 Å². The lowest BCUT2D eigenvalue weighted by atomic mass is 9.97. The molecule has 2 rings (SSSR count). The molecule has 1 fully saturated rings. The highest BCUT2D eigenvalue weighted by Crippen LogP contribution is 2.32. The molecular formula is C15H21F2NOS. The number of hydrogen-bond donors (Lipinski definition) is 2. The molecule has 0 radical (unpaired) electrons. The van der Waals surface area contributed by atoms with Crippen LogP contribution in [0.25, 0.3) is 0 Å². The first-order valence-electron chi connectivity index (χ1n) is 6.92. The molecule has 0 aromatic heterocycles. The van der Waals surface area contributed by atoms with Crippen molar-refractivity contribution in [2.75, 3.05) is 6.61 Å². The Bertz CT molecular complexity index is 467. The van der Waals surface area contributed by atoms with Crippen LogP contribution < -0.4 is 5.32 Å². The van der Waals surface area contributed by atoms with E-state index in [1.54, 1.807) is 0 Å². The van der Waals surface area contributed by atoms with Crippen molar-refractivity contribution < 1.29 is 13.9 Å². The number of benzene rings is 1. The summed E-state index contributed by atoms with van der Waals surface area (Å²) >= 11 is 1.31. The summed E-state index contributed by atoms with van der Waals surface area (Å²) in [5.74, 6) is -0.828. The highest BCUT2D eigenvalue weighted by Gasteiger charge is 2.33. The molecule has 0 spiro atoms. The van der Waals surface area contributed by atoms with Crippen molar-refractivity contribution in [3.63, 3.8) is 0 Å². The molecule has 1 aliphatic rings. The molecule has 2 N–H and O–H groups in total. The standard InChI is InChI=1S/C15H21F2NOS/c1-10(8-15(2,9-19)18-12-4-5-12)20-14-7-11(16)3-6-13(14)17/h3,6-7,10,12,18-19H,4-5,8-9H2,1-2H3. The quantitative estimate of drug-likeness (QED) is 0.758. The molecule has 2 atom stereocenters. The molecule has 0 bridgehead atoms. The smallest absolute Gasteiger partial charge is 0.136 e. The molecule has 1 saturated carbocycles. The summed E-state index contributed by atoms with van der Waals surface area (Å²) in [6.07, 6.45) is 2.99. The molecular weight excluding hydrogens is 280 g/mol. The molecule has 0 aliphatic heterocycles. The van der Waals surface area contributed by atoms with Gasteiger partial charge in [-0.25, -0.2) is 8.78 Å². The van der Waals surface area contributed by atoms with Crippen molar-refractivity contribution in [1.82, 2.24) is 5.32 Å². The predicted octanol–water partition coefficient (Wildman–Crippen LogP) is 3.34. The minimum Gasteiger partial charge on any atom is -0.394 e. The molecule has 20 heavy (non-hydrogen) atoms. The zero-order valence-electron chi connectivity index (χ0n) is 11.8. The van der Waals surface area contributed by atoms with Crippen molar-refractivity contribution in [2.24, 2.45) is 0 Å². The Morgan fingerprint density at radius 2 is 2.15 bits per heavy atom. The number of aliphatic hydroxyl groups excluding tert-OH is 1. The zero-order chi connectivity index (χ0) is 14.8. The van der Waals surface area contributed by atoms with E-state index < -0.39 is 11.6 Å². The number of hydrogen-bond acceptors (Lipinski definition) is 3. The van der Waals surface area contributed by atoms with Gasteiger partial charge in [0.25, 0.3) is 0 Å². The molecule has 5 heteroatoms. The van der Waals surface area contributed by atoms with Crippen LogP contribution >= 0.6 is 11.8 Å². The third kappa shape index (κ3) is 4.43. The van der Waals surface area contributed by atoms with Crippen LogP contribution in [0.5, 0.6) is 0 Å². The van der Waals surface area contributed by atoms with Crippen molar-refractivity contribution >= 4 is 11.8 Å². The van der Waals surface area contributed by atoms with Gasteiger partial charge in [-0.2, -0.15) is 0 Å². The Kier molecular flexibility index (Phi) is 5.04. The second-order valence-electron chi connectivity index (χ2n) is 5.84. The van der Waals surface area contributed by atoms with E-state index in [-0.39, 0.29) is 17.4 Å². The summed E-state index contributed by atoms with van der Waals surface area (Å²) in [6, 6.07) is 3.99. The Hall–Kier alpha value is -0.650. The maximum atomic E-state index is 13.6. The van der Waals surface area contributed by atoms with Crippen LogP contribution in [0.2, 0.25) is 0 Å². The third-order valence-corrected chi connectivity index (χ3v) is 4.57. The summed E-state index contributed by atoms with van der Waals surface area (Å²) in [6.45, 7) is 3.99. The van der Waals surface area contributed by atoms with E-state index in [2.05, 4.69) is 5.32 Å². The summed E-state index contributed by atoms with van der Waals surface area (Å²) in [7, 11) is 0. The molecule has 1 aromatic carbocycles. The van der Waals surface area contributed by atoms with Crippen LogP contribution in [-0.4, -0.2) is 28.5 Å². The van der Waals surface area contributed by atoms with E-state index in [1.807, 2.05) is 13.8 Å². The second kappa shape index (κ2) is 6.41. The van der Waals surface area contributed by atoms with E-state index in [0.29, 0.717) is 17.4 Å². The fourth-order valence-electron chi connectivity index (χ4n) is 2.35. The molecule has 0 heterocycles. The summed E-state index contributed by atoms with van der Waals surface area (Å²) < 4.78 is 26.8. The van der Waals surface area contributed by atoms with E-state index >= 15 is 0 Å². The topological polar surface area (TPSA) is 32.3 Å². The number of rotatable bonds is 7. The lowest BCUT2D eigenvalue weighted by Crippen LogP contribution is -2.48. The minimum absolute atomic E-state index is 0.0417. The highest BCUT2D eigenvalue weighted by atomic mass is 32.2. The predicted molar refractivity (Wildman–Crippen MR) is 77.9 cm³/mol. The molecule has 2 nitrogen and oxygen atoms in total. The van der Waals surface area contributed by atoms with Crippen LogP contribution in [0.15, 0.2) is 23.1 Å². The third-order valence-electron chi connectivity index (χ3n) is 3.44. The van der Waals surface area contributed by atoms with Gasteiger partial charge in [-0.3, -0.25) is 0 Å². The molecule has 0 saturated heterocycles. The van der Waals surface area contributed by atoms with Crippen molar-refractivity contribution in [2.45, 2.75) is 54.8 Å². The molecule has 1 aliphatic carbocycles. The fraction of sp³-hybridized carbons (Fsp3) is 0.600. The average molecular weight is 301 g/mol. The SMILES string of the molecule is CC(CC(C)(CO)NC1CC1)Sc1cc(F)ccc1F. The van der Waals surface area contributed by atoms with Crippen LogP contribution in [0.3, 0.4) is 0 Å². The molecule has 112 valence electrons. The Morgan fingerprint density at radius 1 is 1.45 bits per heavy atom. The first-order chi connectivity index (χ1) is 9.42. The largest absolute Gasteiger partial charge is 0.394 e. The van der Waals surface area contributed by atoms with Crippen LogP contribution in [-0.2, 0) is 0 Å². The zero-order valence-corrected chi connectivity index (χ0v) is 12.6. The lowest BCUT2D eigenvalue weighted by molar-refractivity contribution is 0.164. The molecule has 1 aromatic rings. The van der Waals surface area contributed by atoms with Crippen molar-refractivity contribution in [3.05, 3.63) is 29.8 Å². The Labute approximate surface area is 123 Å². The van der Waals surface area contributed by atoms with Gasteiger partial charge in [-0.15, -0.1) is 11.8 Å². The maximum absolute atomic E-state index is 13.6. The van der Waals surface area contributed by atoms with Crippen LogP contribution in [0.1, 0.15) is 33.1 Å². The van der Waals surface area contributed by atoms with Gasteiger partial charge >= 0.3 is 0 Å². The number of halogens is 2.